The third kappa shape index (κ3) is 5.58. The lowest BCUT2D eigenvalue weighted by atomic mass is 10.00. The normalized spacial score (nSPS) is 23.2. The van der Waals surface area contributed by atoms with Crippen LogP contribution in [0, 0.1) is 5.92 Å². The maximum absolute atomic E-state index is 9.95. The summed E-state index contributed by atoms with van der Waals surface area (Å²) in [5.74, 6) is 1.33. The van der Waals surface area contributed by atoms with Gasteiger partial charge in [-0.15, -0.1) is 0 Å². The summed E-state index contributed by atoms with van der Waals surface area (Å²) >= 11 is 3.39. The molecule has 2 rings (SSSR count). The van der Waals surface area contributed by atoms with Crippen molar-refractivity contribution >= 4 is 15.9 Å². The summed E-state index contributed by atoms with van der Waals surface area (Å²) in [5.41, 5.74) is 0. The highest BCUT2D eigenvalue weighted by molar-refractivity contribution is 9.10. The lowest BCUT2D eigenvalue weighted by Crippen LogP contribution is -2.36. The van der Waals surface area contributed by atoms with Gasteiger partial charge >= 0.3 is 0 Å². The number of halogens is 1. The second-order valence-corrected chi connectivity index (χ2v) is 6.36. The fourth-order valence-electron chi connectivity index (χ4n) is 2.62. The Kier molecular flexibility index (Phi) is 6.96. The van der Waals surface area contributed by atoms with Gasteiger partial charge in [0.05, 0.1) is 6.10 Å². The van der Waals surface area contributed by atoms with Crippen LogP contribution >= 0.6 is 15.9 Å². The number of hydrogen-bond donors (Lipinski definition) is 2. The lowest BCUT2D eigenvalue weighted by Gasteiger charge is -2.19. The molecular weight excluding hydrogens is 334 g/mol. The summed E-state index contributed by atoms with van der Waals surface area (Å²) in [4.78, 5) is 0. The molecule has 3 unspecified atom stereocenters. The largest absolute Gasteiger partial charge is 0.491 e. The molecule has 1 aliphatic rings. The fourth-order valence-corrected chi connectivity index (χ4v) is 3.00. The molecule has 21 heavy (non-hydrogen) atoms. The summed E-state index contributed by atoms with van der Waals surface area (Å²) in [7, 11) is 0. The Balaban J connectivity index is 1.62. The van der Waals surface area contributed by atoms with Crippen LogP contribution in [0.1, 0.15) is 19.8 Å². The molecule has 5 heteroatoms. The van der Waals surface area contributed by atoms with Gasteiger partial charge in [0.15, 0.2) is 0 Å². The van der Waals surface area contributed by atoms with Gasteiger partial charge < -0.3 is 19.9 Å². The summed E-state index contributed by atoms with van der Waals surface area (Å²) in [5, 5.41) is 13.3. The van der Waals surface area contributed by atoms with Crippen molar-refractivity contribution in [2.24, 2.45) is 5.92 Å². The zero-order valence-corrected chi connectivity index (χ0v) is 14.0. The predicted molar refractivity (Wildman–Crippen MR) is 86.7 cm³/mol. The number of nitrogens with one attached hydrogen (secondary N) is 1. The number of ether oxygens (including phenoxy) is 2. The SMILES string of the molecule is CCC1OCCC1CNCC(O)COc1cccc(Br)c1. The van der Waals surface area contributed by atoms with Crippen molar-refractivity contribution in [3.8, 4) is 5.75 Å². The molecule has 1 aromatic carbocycles. The molecule has 4 nitrogen and oxygen atoms in total. The Labute approximate surface area is 135 Å². The summed E-state index contributed by atoms with van der Waals surface area (Å²) in [6.45, 7) is 4.75. The predicted octanol–water partition coefficient (Wildman–Crippen LogP) is 2.59. The highest BCUT2D eigenvalue weighted by Gasteiger charge is 2.26. The average molecular weight is 358 g/mol. The van der Waals surface area contributed by atoms with Gasteiger partial charge in [0, 0.05) is 24.2 Å². The Bertz CT molecular complexity index is 430. The monoisotopic (exact) mass is 357 g/mol. The van der Waals surface area contributed by atoms with Crippen LogP contribution in [-0.4, -0.2) is 43.6 Å². The van der Waals surface area contributed by atoms with E-state index in [1.54, 1.807) is 0 Å². The van der Waals surface area contributed by atoms with Crippen LogP contribution in [-0.2, 0) is 4.74 Å². The van der Waals surface area contributed by atoms with Crippen molar-refractivity contribution in [2.75, 3.05) is 26.3 Å². The first kappa shape index (κ1) is 16.7. The van der Waals surface area contributed by atoms with E-state index in [1.807, 2.05) is 24.3 Å². The van der Waals surface area contributed by atoms with Gasteiger partial charge in [0.1, 0.15) is 18.5 Å². The van der Waals surface area contributed by atoms with Crippen LogP contribution in [0.25, 0.3) is 0 Å². The standard InChI is InChI=1S/C16H24BrNO3/c1-2-16-12(6-7-20-16)9-18-10-14(19)11-21-15-5-3-4-13(17)8-15/h3-5,8,12,14,16,18-19H,2,6-7,9-11H2,1H3. The zero-order valence-electron chi connectivity index (χ0n) is 12.4. The number of benzene rings is 1. The van der Waals surface area contributed by atoms with Crippen molar-refractivity contribution in [1.29, 1.82) is 0 Å². The van der Waals surface area contributed by atoms with Gasteiger partial charge in [0.25, 0.3) is 0 Å². The van der Waals surface area contributed by atoms with Crippen LogP contribution < -0.4 is 10.1 Å². The van der Waals surface area contributed by atoms with Crippen molar-refractivity contribution < 1.29 is 14.6 Å². The number of aliphatic hydroxyl groups excluding tert-OH is 1. The number of rotatable bonds is 8. The summed E-state index contributed by atoms with van der Waals surface area (Å²) < 4.78 is 12.2. The minimum Gasteiger partial charge on any atom is -0.491 e. The molecule has 1 saturated heterocycles. The van der Waals surface area contributed by atoms with E-state index >= 15 is 0 Å². The van der Waals surface area contributed by atoms with E-state index < -0.39 is 6.10 Å². The third-order valence-corrected chi connectivity index (χ3v) is 4.27. The molecule has 1 fully saturated rings. The molecule has 1 heterocycles. The first-order valence-electron chi connectivity index (χ1n) is 7.57. The highest BCUT2D eigenvalue weighted by Crippen LogP contribution is 2.22. The maximum Gasteiger partial charge on any atom is 0.120 e. The van der Waals surface area contributed by atoms with Crippen LogP contribution in [0.15, 0.2) is 28.7 Å². The summed E-state index contributed by atoms with van der Waals surface area (Å²) in [6, 6.07) is 7.63. The fraction of sp³-hybridized carbons (Fsp3) is 0.625. The molecule has 0 aromatic heterocycles. The number of aliphatic hydroxyl groups is 1. The molecule has 118 valence electrons. The molecular formula is C16H24BrNO3. The van der Waals surface area contributed by atoms with Crippen LogP contribution in [0.4, 0.5) is 0 Å². The van der Waals surface area contributed by atoms with Gasteiger partial charge in [0.2, 0.25) is 0 Å². The first-order valence-corrected chi connectivity index (χ1v) is 8.37. The lowest BCUT2D eigenvalue weighted by molar-refractivity contribution is 0.0823. The molecule has 1 aliphatic heterocycles. The van der Waals surface area contributed by atoms with Crippen LogP contribution in [0.3, 0.4) is 0 Å². The van der Waals surface area contributed by atoms with Crippen LogP contribution in [0.5, 0.6) is 5.75 Å². The minimum absolute atomic E-state index is 0.293. The van der Waals surface area contributed by atoms with Gasteiger partial charge in [-0.1, -0.05) is 28.9 Å². The second kappa shape index (κ2) is 8.73. The van der Waals surface area contributed by atoms with Crippen LogP contribution in [0.2, 0.25) is 0 Å². The second-order valence-electron chi connectivity index (χ2n) is 5.45. The molecule has 0 spiro atoms. The van der Waals surface area contributed by atoms with E-state index in [-0.39, 0.29) is 0 Å². The average Bonchev–Trinajstić information content (AvgIpc) is 2.93. The topological polar surface area (TPSA) is 50.7 Å². The highest BCUT2D eigenvalue weighted by atomic mass is 79.9. The molecule has 3 atom stereocenters. The van der Waals surface area contributed by atoms with Gasteiger partial charge in [-0.3, -0.25) is 0 Å². The van der Waals surface area contributed by atoms with Crippen molar-refractivity contribution in [3.05, 3.63) is 28.7 Å². The maximum atomic E-state index is 9.95. The molecule has 2 N–H and O–H groups in total. The van der Waals surface area contributed by atoms with E-state index in [1.165, 1.54) is 0 Å². The quantitative estimate of drug-likeness (QED) is 0.750. The molecule has 0 bridgehead atoms. The number of hydrogen-bond acceptors (Lipinski definition) is 4. The molecule has 0 amide bonds. The Hall–Kier alpha value is -0.620. The summed E-state index contributed by atoms with van der Waals surface area (Å²) in [6.07, 6.45) is 2.02. The van der Waals surface area contributed by atoms with E-state index in [0.29, 0.717) is 25.2 Å². The molecule has 0 saturated carbocycles. The van der Waals surface area contributed by atoms with E-state index in [2.05, 4.69) is 28.2 Å². The zero-order chi connectivity index (χ0) is 15.1. The first-order chi connectivity index (χ1) is 10.2. The van der Waals surface area contributed by atoms with Gasteiger partial charge in [-0.05, 0) is 37.0 Å². The Morgan fingerprint density at radius 2 is 2.38 bits per heavy atom. The Morgan fingerprint density at radius 1 is 1.52 bits per heavy atom. The minimum atomic E-state index is -0.508. The van der Waals surface area contributed by atoms with Crippen molar-refractivity contribution in [3.63, 3.8) is 0 Å². The van der Waals surface area contributed by atoms with Gasteiger partial charge in [-0.2, -0.15) is 0 Å². The van der Waals surface area contributed by atoms with Gasteiger partial charge in [-0.25, -0.2) is 0 Å². The van der Waals surface area contributed by atoms with Crippen molar-refractivity contribution in [2.45, 2.75) is 32.0 Å². The molecule has 0 aliphatic carbocycles. The van der Waals surface area contributed by atoms with E-state index in [0.717, 1.165) is 36.2 Å². The molecule has 0 radical (unpaired) electrons. The smallest absolute Gasteiger partial charge is 0.120 e. The third-order valence-electron chi connectivity index (χ3n) is 3.77. The Morgan fingerprint density at radius 3 is 3.14 bits per heavy atom. The van der Waals surface area contributed by atoms with E-state index in [9.17, 15) is 5.11 Å². The molecule has 1 aromatic rings. The van der Waals surface area contributed by atoms with Crippen molar-refractivity contribution in [1.82, 2.24) is 5.32 Å². The van der Waals surface area contributed by atoms with E-state index in [4.69, 9.17) is 9.47 Å².